The molecule has 0 spiro atoms. The van der Waals surface area contributed by atoms with Gasteiger partial charge < -0.3 is 10.8 Å². The number of anilines is 1. The van der Waals surface area contributed by atoms with Crippen molar-refractivity contribution in [3.8, 4) is 0 Å². The Bertz CT molecular complexity index is 240. The molecule has 0 aliphatic heterocycles. The number of aromatic nitrogens is 2. The van der Waals surface area contributed by atoms with E-state index < -0.39 is 0 Å². The lowest BCUT2D eigenvalue weighted by molar-refractivity contribution is 0.277. The van der Waals surface area contributed by atoms with E-state index in [9.17, 15) is 0 Å². The van der Waals surface area contributed by atoms with E-state index in [1.807, 2.05) is 0 Å². The fourth-order valence-corrected chi connectivity index (χ4v) is 0.680. The number of halogens is 1. The van der Waals surface area contributed by atoms with Gasteiger partial charge in [-0.15, -0.1) is 0 Å². The monoisotopic (exact) mass is 159 g/mol. The van der Waals surface area contributed by atoms with Crippen molar-refractivity contribution >= 4 is 17.4 Å². The van der Waals surface area contributed by atoms with Crippen LogP contribution in [0.3, 0.4) is 0 Å². The van der Waals surface area contributed by atoms with Crippen LogP contribution in [0.15, 0.2) is 6.20 Å². The molecule has 54 valence electrons. The summed E-state index contributed by atoms with van der Waals surface area (Å²) in [6.07, 6.45) is 1.33. The van der Waals surface area contributed by atoms with E-state index in [0.717, 1.165) is 0 Å². The molecule has 5 heteroatoms. The van der Waals surface area contributed by atoms with Crippen LogP contribution in [-0.4, -0.2) is 15.1 Å². The minimum atomic E-state index is -0.237. The summed E-state index contributed by atoms with van der Waals surface area (Å²) in [5, 5.41) is 8.84. The topological polar surface area (TPSA) is 72.0 Å². The van der Waals surface area contributed by atoms with Crippen molar-refractivity contribution in [3.05, 3.63) is 17.0 Å². The molecule has 1 aromatic heterocycles. The molecule has 0 amide bonds. The first-order chi connectivity index (χ1) is 4.74. The molecule has 1 heterocycles. The van der Waals surface area contributed by atoms with Crippen molar-refractivity contribution in [1.82, 2.24) is 9.97 Å². The quantitative estimate of drug-likeness (QED) is 0.614. The molecule has 0 aromatic carbocycles. The molecule has 1 aromatic rings. The second-order valence-electron chi connectivity index (χ2n) is 1.68. The Hall–Kier alpha value is -0.870. The van der Waals surface area contributed by atoms with Gasteiger partial charge in [-0.25, -0.2) is 9.97 Å². The molecule has 1 rings (SSSR count). The summed E-state index contributed by atoms with van der Waals surface area (Å²) in [7, 11) is 0. The average molecular weight is 160 g/mol. The molecule has 0 bridgehead atoms. The second kappa shape index (κ2) is 2.81. The van der Waals surface area contributed by atoms with Crippen LogP contribution in [0.1, 0.15) is 5.69 Å². The predicted molar refractivity (Wildman–Crippen MR) is 37.4 cm³/mol. The van der Waals surface area contributed by atoms with Crippen molar-refractivity contribution in [2.45, 2.75) is 6.61 Å². The third kappa shape index (κ3) is 1.34. The Balaban J connectivity index is 3.09. The van der Waals surface area contributed by atoms with Crippen LogP contribution in [0.2, 0.25) is 5.15 Å². The van der Waals surface area contributed by atoms with Crippen LogP contribution in [0.25, 0.3) is 0 Å². The fraction of sp³-hybridized carbons (Fsp3) is 0.200. The zero-order valence-electron chi connectivity index (χ0n) is 5.08. The van der Waals surface area contributed by atoms with E-state index in [0.29, 0.717) is 5.69 Å². The molecule has 0 atom stereocenters. The molecule has 0 aliphatic carbocycles. The van der Waals surface area contributed by atoms with Gasteiger partial charge in [0.05, 0.1) is 12.8 Å². The predicted octanol–water partition coefficient (Wildman–Crippen LogP) is 0.205. The molecule has 0 unspecified atom stereocenters. The van der Waals surface area contributed by atoms with Gasteiger partial charge in [0.2, 0.25) is 0 Å². The summed E-state index contributed by atoms with van der Waals surface area (Å²) < 4.78 is 0. The smallest absolute Gasteiger partial charge is 0.147 e. The molecular weight excluding hydrogens is 154 g/mol. The van der Waals surface area contributed by atoms with E-state index in [4.69, 9.17) is 22.4 Å². The van der Waals surface area contributed by atoms with Gasteiger partial charge in [-0.05, 0) is 0 Å². The van der Waals surface area contributed by atoms with Crippen molar-refractivity contribution in [1.29, 1.82) is 0 Å². The maximum Gasteiger partial charge on any atom is 0.147 e. The van der Waals surface area contributed by atoms with Gasteiger partial charge in [0.15, 0.2) is 0 Å². The van der Waals surface area contributed by atoms with Crippen molar-refractivity contribution in [2.75, 3.05) is 5.73 Å². The second-order valence-corrected chi connectivity index (χ2v) is 2.07. The Labute approximate surface area is 62.7 Å². The van der Waals surface area contributed by atoms with Gasteiger partial charge >= 0.3 is 0 Å². The Morgan fingerprint density at radius 1 is 1.70 bits per heavy atom. The molecule has 0 aliphatic rings. The average Bonchev–Trinajstić information content (AvgIpc) is 1.94. The fourth-order valence-electron chi connectivity index (χ4n) is 0.529. The molecular formula is C5H6ClN3O. The summed E-state index contributed by atoms with van der Waals surface area (Å²) in [4.78, 5) is 7.39. The first kappa shape index (κ1) is 7.24. The van der Waals surface area contributed by atoms with Gasteiger partial charge in [0.25, 0.3) is 0 Å². The van der Waals surface area contributed by atoms with Gasteiger partial charge in [-0.1, -0.05) is 11.6 Å². The number of hydrogen-bond donors (Lipinski definition) is 2. The van der Waals surface area contributed by atoms with Crippen LogP contribution in [-0.2, 0) is 6.61 Å². The Kier molecular flexibility index (Phi) is 2.03. The van der Waals surface area contributed by atoms with E-state index in [1.165, 1.54) is 6.20 Å². The van der Waals surface area contributed by atoms with Gasteiger partial charge in [-0.3, -0.25) is 0 Å². The highest BCUT2D eigenvalue weighted by molar-refractivity contribution is 6.29. The Morgan fingerprint density at radius 3 is 2.90 bits per heavy atom. The van der Waals surface area contributed by atoms with Crippen molar-refractivity contribution in [2.24, 2.45) is 0 Å². The zero-order chi connectivity index (χ0) is 7.56. The zero-order valence-corrected chi connectivity index (χ0v) is 5.84. The number of rotatable bonds is 1. The number of nitrogens with zero attached hydrogens (tertiary/aromatic N) is 2. The van der Waals surface area contributed by atoms with E-state index in [-0.39, 0.29) is 17.6 Å². The van der Waals surface area contributed by atoms with Gasteiger partial charge in [0, 0.05) is 0 Å². The van der Waals surface area contributed by atoms with Crippen LogP contribution in [0, 0.1) is 0 Å². The van der Waals surface area contributed by atoms with Crippen LogP contribution in [0.5, 0.6) is 0 Å². The summed E-state index contributed by atoms with van der Waals surface area (Å²) in [5.41, 5.74) is 5.62. The number of aliphatic hydroxyl groups is 1. The Morgan fingerprint density at radius 2 is 2.40 bits per heavy atom. The van der Waals surface area contributed by atoms with Crippen LogP contribution >= 0.6 is 11.6 Å². The van der Waals surface area contributed by atoms with Crippen LogP contribution in [0.4, 0.5) is 5.82 Å². The van der Waals surface area contributed by atoms with Crippen LogP contribution < -0.4 is 5.73 Å². The molecule has 3 N–H and O–H groups in total. The normalized spacial score (nSPS) is 9.80. The minimum absolute atomic E-state index is 0.215. The SMILES string of the molecule is Nc1ncc(Cl)nc1CO. The molecule has 0 fully saturated rings. The lowest BCUT2D eigenvalue weighted by atomic mass is 10.4. The third-order valence-corrected chi connectivity index (χ3v) is 1.18. The lowest BCUT2D eigenvalue weighted by Crippen LogP contribution is -2.00. The largest absolute Gasteiger partial charge is 0.390 e. The standard InChI is InChI=1S/C5H6ClN3O/c6-4-1-8-5(7)3(2-10)9-4/h1,10H,2H2,(H2,7,8). The number of aliphatic hydroxyl groups excluding tert-OH is 1. The first-order valence-corrected chi connectivity index (χ1v) is 2.99. The molecule has 0 saturated heterocycles. The molecule has 0 radical (unpaired) electrons. The van der Waals surface area contributed by atoms with Crippen molar-refractivity contribution in [3.63, 3.8) is 0 Å². The highest BCUT2D eigenvalue weighted by Crippen LogP contribution is 2.08. The third-order valence-electron chi connectivity index (χ3n) is 0.997. The number of nitrogen functional groups attached to an aromatic ring is 1. The van der Waals surface area contributed by atoms with E-state index in [1.54, 1.807) is 0 Å². The molecule has 0 saturated carbocycles. The van der Waals surface area contributed by atoms with Gasteiger partial charge in [0.1, 0.15) is 16.7 Å². The first-order valence-electron chi connectivity index (χ1n) is 2.62. The minimum Gasteiger partial charge on any atom is -0.390 e. The highest BCUT2D eigenvalue weighted by Gasteiger charge is 1.99. The number of hydrogen-bond acceptors (Lipinski definition) is 4. The molecule has 10 heavy (non-hydrogen) atoms. The summed E-state index contributed by atoms with van der Waals surface area (Å²) in [6, 6.07) is 0. The summed E-state index contributed by atoms with van der Waals surface area (Å²) in [6.45, 7) is -0.237. The maximum atomic E-state index is 8.60. The summed E-state index contributed by atoms with van der Waals surface area (Å²) >= 11 is 5.46. The highest BCUT2D eigenvalue weighted by atomic mass is 35.5. The number of nitrogens with two attached hydrogens (primary N) is 1. The lowest BCUT2D eigenvalue weighted by Gasteiger charge is -1.98. The maximum absolute atomic E-state index is 8.60. The van der Waals surface area contributed by atoms with E-state index in [2.05, 4.69) is 9.97 Å². The molecule has 4 nitrogen and oxygen atoms in total. The van der Waals surface area contributed by atoms with E-state index >= 15 is 0 Å². The van der Waals surface area contributed by atoms with Gasteiger partial charge in [-0.2, -0.15) is 0 Å². The van der Waals surface area contributed by atoms with Crippen molar-refractivity contribution < 1.29 is 5.11 Å². The summed E-state index contributed by atoms with van der Waals surface area (Å²) in [5.74, 6) is 0.215.